The van der Waals surface area contributed by atoms with Crippen molar-refractivity contribution in [2.24, 2.45) is 0 Å². The molecular weight excluding hydrogens is 485 g/mol. The molecule has 1 aliphatic rings. The molecule has 6 heteroatoms. The number of ether oxygens (including phenoxy) is 2. The van der Waals surface area contributed by atoms with Gasteiger partial charge in [0.2, 0.25) is 6.79 Å². The van der Waals surface area contributed by atoms with Crippen molar-refractivity contribution in [2.45, 2.75) is 31.6 Å². The molecule has 0 saturated carbocycles. The predicted octanol–water partition coefficient (Wildman–Crippen LogP) is 5.31. The Morgan fingerprint density at radius 1 is 0.778 bits per heavy atom. The van der Waals surface area contributed by atoms with Crippen molar-refractivity contribution < 1.29 is 13.7 Å². The Hall–Kier alpha value is -2.98. The van der Waals surface area contributed by atoms with Crippen LogP contribution in [0.2, 0.25) is 0 Å². The van der Waals surface area contributed by atoms with Crippen molar-refractivity contribution in [3.8, 4) is 11.5 Å². The third-order valence-electron chi connectivity index (χ3n) is 6.02. The topological polar surface area (TPSA) is 47.6 Å². The molecule has 1 unspecified atom stereocenters. The van der Waals surface area contributed by atoms with Gasteiger partial charge in [0.25, 0.3) is 0 Å². The Balaban J connectivity index is 1.75. The minimum absolute atomic E-state index is 0.199. The summed E-state index contributed by atoms with van der Waals surface area (Å²) >= 11 is 0. The van der Waals surface area contributed by atoms with Gasteiger partial charge < -0.3 is 9.47 Å². The Bertz CT molecular complexity index is 1300. The van der Waals surface area contributed by atoms with Crippen molar-refractivity contribution in [3.05, 3.63) is 114 Å². The molecule has 184 valence electrons. The van der Waals surface area contributed by atoms with Crippen LogP contribution in [-0.4, -0.2) is 15.7 Å². The number of hydrogen-bond acceptors (Lipinski definition) is 3. The summed E-state index contributed by atoms with van der Waals surface area (Å²) in [5, 5.41) is 3.63. The second kappa shape index (κ2) is 10.6. The van der Waals surface area contributed by atoms with Gasteiger partial charge in [-0.2, -0.15) is 0 Å². The van der Waals surface area contributed by atoms with Gasteiger partial charge in [-0.15, -0.1) is 0 Å². The second-order valence-electron chi connectivity index (χ2n) is 9.61. The van der Waals surface area contributed by atoms with Crippen LogP contribution in [0.1, 0.15) is 37.9 Å². The van der Waals surface area contributed by atoms with Crippen molar-refractivity contribution >= 4 is 34.8 Å². The van der Waals surface area contributed by atoms with Crippen molar-refractivity contribution in [1.29, 1.82) is 0 Å². The van der Waals surface area contributed by atoms with Crippen LogP contribution in [0.5, 0.6) is 11.5 Å². The summed E-state index contributed by atoms with van der Waals surface area (Å²) in [6.07, 6.45) is 0. The number of benzene rings is 4. The standard InChI is InChI=1S/C30H30NO3PS/c1-30(2,3)36(32)31-29(22-13-7-4-8-14-22)25-19-26-27(34-21-33-26)20-28(25)35(23-15-9-5-10-16-23)24-17-11-6-12-18-24/h4-20,29,31H,21H2,1-3H3/t29-,36?/m1/s1. The largest absolute Gasteiger partial charge is 0.454 e. The van der Waals surface area contributed by atoms with Gasteiger partial charge in [-0.05, 0) is 67.9 Å². The number of rotatable bonds is 7. The van der Waals surface area contributed by atoms with E-state index in [2.05, 4.69) is 77.5 Å². The average molecular weight is 516 g/mol. The molecule has 0 amide bonds. The summed E-state index contributed by atoms with van der Waals surface area (Å²) in [5.41, 5.74) is 2.09. The summed E-state index contributed by atoms with van der Waals surface area (Å²) in [5.74, 6) is 1.46. The quantitative estimate of drug-likeness (QED) is 0.339. The maximum absolute atomic E-state index is 13.4. The molecule has 0 bridgehead atoms. The van der Waals surface area contributed by atoms with Gasteiger partial charge in [0.05, 0.1) is 21.8 Å². The molecule has 2 atom stereocenters. The third kappa shape index (κ3) is 5.24. The molecule has 36 heavy (non-hydrogen) atoms. The van der Waals surface area contributed by atoms with Gasteiger partial charge in [-0.1, -0.05) is 91.0 Å². The first-order valence-electron chi connectivity index (χ1n) is 12.0. The van der Waals surface area contributed by atoms with Gasteiger partial charge in [-0.25, -0.2) is 8.93 Å². The normalized spacial score (nSPS) is 14.6. The first-order chi connectivity index (χ1) is 17.4. The monoisotopic (exact) mass is 515 g/mol. The van der Waals surface area contributed by atoms with E-state index in [1.54, 1.807) is 0 Å². The fourth-order valence-corrected chi connectivity index (χ4v) is 7.52. The van der Waals surface area contributed by atoms with E-state index in [1.165, 1.54) is 10.6 Å². The highest BCUT2D eigenvalue weighted by molar-refractivity contribution is 7.84. The Morgan fingerprint density at radius 2 is 1.28 bits per heavy atom. The van der Waals surface area contributed by atoms with Gasteiger partial charge in [0, 0.05) is 0 Å². The molecule has 4 aromatic carbocycles. The minimum atomic E-state index is -1.29. The van der Waals surface area contributed by atoms with Gasteiger partial charge in [0.1, 0.15) is 0 Å². The highest BCUT2D eigenvalue weighted by Crippen LogP contribution is 2.43. The lowest BCUT2D eigenvalue weighted by atomic mass is 9.99. The maximum Gasteiger partial charge on any atom is 0.231 e. The summed E-state index contributed by atoms with van der Waals surface area (Å²) in [6.45, 7) is 6.16. The molecule has 0 radical (unpaired) electrons. The third-order valence-corrected chi connectivity index (χ3v) is 10.1. The molecule has 1 heterocycles. The molecule has 4 nitrogen and oxygen atoms in total. The Kier molecular flexibility index (Phi) is 7.25. The van der Waals surface area contributed by atoms with Crippen LogP contribution in [-0.2, 0) is 11.0 Å². The predicted molar refractivity (Wildman–Crippen MR) is 151 cm³/mol. The van der Waals surface area contributed by atoms with Crippen molar-refractivity contribution in [1.82, 2.24) is 4.72 Å². The van der Waals surface area contributed by atoms with Crippen molar-refractivity contribution in [3.63, 3.8) is 0 Å². The number of hydrogen-bond donors (Lipinski definition) is 1. The van der Waals surface area contributed by atoms with E-state index >= 15 is 0 Å². The molecule has 0 aromatic heterocycles. The fraction of sp³-hybridized carbons (Fsp3) is 0.200. The number of fused-ring (bicyclic) bond motifs is 1. The molecule has 1 aliphatic heterocycles. The summed E-state index contributed by atoms with van der Waals surface area (Å²) in [6, 6.07) is 35.3. The zero-order chi connectivity index (χ0) is 25.1. The SMILES string of the molecule is CC(C)(C)S(=O)N[C@H](c1ccccc1)c1cc2c(cc1P(c1ccccc1)c1ccccc1)OCO2. The highest BCUT2D eigenvalue weighted by atomic mass is 32.2. The first kappa shape index (κ1) is 24.7. The minimum Gasteiger partial charge on any atom is -0.454 e. The molecule has 4 aromatic rings. The van der Waals surface area contributed by atoms with E-state index in [0.29, 0.717) is 5.75 Å². The van der Waals surface area contributed by atoms with E-state index in [-0.39, 0.29) is 12.8 Å². The summed E-state index contributed by atoms with van der Waals surface area (Å²) in [4.78, 5) is 0. The highest BCUT2D eigenvalue weighted by Gasteiger charge is 2.31. The van der Waals surface area contributed by atoms with Gasteiger partial charge in [-0.3, -0.25) is 0 Å². The molecular formula is C30H30NO3PS. The molecule has 5 rings (SSSR count). The molecule has 0 aliphatic carbocycles. The van der Waals surface area contributed by atoms with E-state index in [4.69, 9.17) is 9.47 Å². The summed E-state index contributed by atoms with van der Waals surface area (Å²) in [7, 11) is -2.22. The maximum atomic E-state index is 13.4. The van der Waals surface area contributed by atoms with Gasteiger partial charge >= 0.3 is 0 Å². The lowest BCUT2D eigenvalue weighted by Gasteiger charge is -2.29. The van der Waals surface area contributed by atoms with E-state index in [1.807, 2.05) is 51.1 Å². The zero-order valence-electron chi connectivity index (χ0n) is 20.7. The van der Waals surface area contributed by atoms with Crippen LogP contribution < -0.4 is 30.1 Å². The first-order valence-corrected chi connectivity index (χ1v) is 14.5. The average Bonchev–Trinajstić information content (AvgIpc) is 3.36. The van der Waals surface area contributed by atoms with Crippen LogP contribution >= 0.6 is 7.92 Å². The van der Waals surface area contributed by atoms with Crippen LogP contribution in [0.3, 0.4) is 0 Å². The number of nitrogens with one attached hydrogen (secondary N) is 1. The van der Waals surface area contributed by atoms with Crippen LogP contribution in [0.15, 0.2) is 103 Å². The Labute approximate surface area is 217 Å². The van der Waals surface area contributed by atoms with E-state index < -0.39 is 23.7 Å². The van der Waals surface area contributed by atoms with Gasteiger partial charge in [0.15, 0.2) is 11.5 Å². The van der Waals surface area contributed by atoms with E-state index in [9.17, 15) is 4.21 Å². The molecule has 0 spiro atoms. The smallest absolute Gasteiger partial charge is 0.231 e. The second-order valence-corrected chi connectivity index (χ2v) is 13.8. The van der Waals surface area contributed by atoms with Crippen molar-refractivity contribution in [2.75, 3.05) is 6.79 Å². The lowest BCUT2D eigenvalue weighted by Crippen LogP contribution is -2.38. The van der Waals surface area contributed by atoms with E-state index in [0.717, 1.165) is 22.2 Å². The molecule has 0 fully saturated rings. The fourth-order valence-electron chi connectivity index (χ4n) is 4.19. The zero-order valence-corrected chi connectivity index (χ0v) is 22.4. The molecule has 0 saturated heterocycles. The van der Waals surface area contributed by atoms with Crippen LogP contribution in [0, 0.1) is 0 Å². The Morgan fingerprint density at radius 3 is 1.81 bits per heavy atom. The molecule has 1 N–H and O–H groups in total. The lowest BCUT2D eigenvalue weighted by molar-refractivity contribution is 0.174. The van der Waals surface area contributed by atoms with Crippen LogP contribution in [0.4, 0.5) is 0 Å². The van der Waals surface area contributed by atoms with Crippen LogP contribution in [0.25, 0.3) is 0 Å². The summed E-state index contributed by atoms with van der Waals surface area (Å²) < 4.78 is 28.1.